The predicted molar refractivity (Wildman–Crippen MR) is 166 cm³/mol. The third kappa shape index (κ3) is 11.1. The number of esters is 1. The second-order valence-electron chi connectivity index (χ2n) is 12.3. The van der Waals surface area contributed by atoms with Crippen LogP contribution in [0.2, 0.25) is 0 Å². The average Bonchev–Trinajstić information content (AvgIpc) is 2.90. The molecule has 3 atom stereocenters. The SMILES string of the molecule is C#Cc1ccccc1C(C(=O)NC(Cc1ccccc1)C(=O)OC(C)(C)C)N(CCC)C(=O)C(C)NC(=O)OC(C)(C)C. The van der Waals surface area contributed by atoms with Gasteiger partial charge in [0, 0.05) is 18.5 Å². The summed E-state index contributed by atoms with van der Waals surface area (Å²) in [6.45, 7) is 14.0. The maximum absolute atomic E-state index is 14.2. The number of alkyl carbamates (subject to hydrolysis) is 1. The summed E-state index contributed by atoms with van der Waals surface area (Å²) in [5, 5.41) is 5.42. The molecule has 232 valence electrons. The van der Waals surface area contributed by atoms with Crippen LogP contribution >= 0.6 is 0 Å². The Bertz CT molecular complexity index is 1300. The molecule has 0 fully saturated rings. The molecule has 9 nitrogen and oxygen atoms in total. The number of terminal acetylenes is 1. The van der Waals surface area contributed by atoms with Gasteiger partial charge in [0.25, 0.3) is 0 Å². The van der Waals surface area contributed by atoms with Crippen molar-refractivity contribution < 1.29 is 28.7 Å². The summed E-state index contributed by atoms with van der Waals surface area (Å²) in [5.41, 5.74) is 0.0900. The summed E-state index contributed by atoms with van der Waals surface area (Å²) < 4.78 is 11.0. The molecule has 2 aromatic carbocycles. The van der Waals surface area contributed by atoms with Gasteiger partial charge in [0.05, 0.1) is 0 Å². The van der Waals surface area contributed by atoms with Crippen LogP contribution in [-0.2, 0) is 30.3 Å². The number of rotatable bonds is 11. The minimum atomic E-state index is -1.21. The van der Waals surface area contributed by atoms with Gasteiger partial charge in [-0.15, -0.1) is 6.42 Å². The van der Waals surface area contributed by atoms with E-state index in [9.17, 15) is 19.2 Å². The van der Waals surface area contributed by atoms with E-state index in [0.29, 0.717) is 17.5 Å². The van der Waals surface area contributed by atoms with Gasteiger partial charge in [-0.1, -0.05) is 61.4 Å². The molecule has 0 radical (unpaired) electrons. The zero-order chi connectivity index (χ0) is 32.4. The Morgan fingerprint density at radius 2 is 1.47 bits per heavy atom. The lowest BCUT2D eigenvalue weighted by atomic mass is 9.96. The molecule has 2 N–H and O–H groups in total. The van der Waals surface area contributed by atoms with Crippen molar-refractivity contribution >= 4 is 23.9 Å². The molecule has 3 unspecified atom stereocenters. The molecule has 0 spiro atoms. The molecular formula is C34H45N3O6. The first-order chi connectivity index (χ1) is 20.1. The van der Waals surface area contributed by atoms with Crippen LogP contribution in [-0.4, -0.2) is 58.6 Å². The van der Waals surface area contributed by atoms with E-state index in [1.165, 1.54) is 11.8 Å². The maximum atomic E-state index is 14.2. The normalized spacial score (nSPS) is 13.5. The lowest BCUT2D eigenvalue weighted by Gasteiger charge is -2.35. The Balaban J connectivity index is 2.54. The molecule has 0 saturated carbocycles. The van der Waals surface area contributed by atoms with Crippen LogP contribution < -0.4 is 10.6 Å². The quantitative estimate of drug-likeness (QED) is 0.283. The van der Waals surface area contributed by atoms with Gasteiger partial charge in [-0.05, 0) is 72.1 Å². The molecule has 0 aliphatic heterocycles. The van der Waals surface area contributed by atoms with E-state index in [0.717, 1.165) is 5.56 Å². The van der Waals surface area contributed by atoms with Gasteiger partial charge < -0.3 is 25.0 Å². The van der Waals surface area contributed by atoms with E-state index in [-0.39, 0.29) is 13.0 Å². The number of nitrogens with zero attached hydrogens (tertiary/aromatic N) is 1. The molecule has 2 rings (SSSR count). The second-order valence-corrected chi connectivity index (χ2v) is 12.3. The number of nitrogens with one attached hydrogen (secondary N) is 2. The Hall–Kier alpha value is -4.32. The van der Waals surface area contributed by atoms with Crippen LogP contribution in [0.1, 0.15) is 84.5 Å². The smallest absolute Gasteiger partial charge is 0.408 e. The fourth-order valence-corrected chi connectivity index (χ4v) is 4.39. The highest BCUT2D eigenvalue weighted by molar-refractivity contribution is 5.94. The van der Waals surface area contributed by atoms with Crippen LogP contribution in [0.4, 0.5) is 4.79 Å². The molecule has 0 heterocycles. The lowest BCUT2D eigenvalue weighted by molar-refractivity contribution is -0.159. The summed E-state index contributed by atoms with van der Waals surface area (Å²) in [6, 6.07) is 12.8. The molecule has 0 aromatic heterocycles. The number of carbonyl (C=O) groups excluding carboxylic acids is 4. The van der Waals surface area contributed by atoms with Gasteiger partial charge in [-0.25, -0.2) is 9.59 Å². The van der Waals surface area contributed by atoms with Crippen molar-refractivity contribution in [1.82, 2.24) is 15.5 Å². The third-order valence-electron chi connectivity index (χ3n) is 6.11. The number of carbonyl (C=O) groups is 4. The summed E-state index contributed by atoms with van der Waals surface area (Å²) >= 11 is 0. The topological polar surface area (TPSA) is 114 Å². The van der Waals surface area contributed by atoms with E-state index in [4.69, 9.17) is 15.9 Å². The molecule has 0 saturated heterocycles. The van der Waals surface area contributed by atoms with E-state index in [1.54, 1.807) is 65.8 Å². The van der Waals surface area contributed by atoms with Crippen LogP contribution in [0.3, 0.4) is 0 Å². The van der Waals surface area contributed by atoms with Crippen molar-refractivity contribution in [3.8, 4) is 12.3 Å². The van der Waals surface area contributed by atoms with Gasteiger partial charge in [-0.3, -0.25) is 9.59 Å². The van der Waals surface area contributed by atoms with Crippen molar-refractivity contribution in [1.29, 1.82) is 0 Å². The summed E-state index contributed by atoms with van der Waals surface area (Å²) in [4.78, 5) is 55.3. The minimum absolute atomic E-state index is 0.170. The molecular weight excluding hydrogens is 546 g/mol. The van der Waals surface area contributed by atoms with Crippen molar-refractivity contribution in [2.75, 3.05) is 6.54 Å². The van der Waals surface area contributed by atoms with Crippen molar-refractivity contribution in [3.05, 3.63) is 71.3 Å². The molecule has 0 aliphatic rings. The zero-order valence-corrected chi connectivity index (χ0v) is 26.5. The van der Waals surface area contributed by atoms with E-state index in [1.807, 2.05) is 37.3 Å². The Kier molecular flexibility index (Phi) is 12.4. The highest BCUT2D eigenvalue weighted by Gasteiger charge is 2.37. The molecule has 0 aliphatic carbocycles. The summed E-state index contributed by atoms with van der Waals surface area (Å²) in [6.07, 6.45) is 5.73. The monoisotopic (exact) mass is 591 g/mol. The standard InChI is InChI=1S/C34H45N3O6/c1-10-21-37(30(39)23(3)35-32(41)43-34(7,8)9)28(26-20-16-15-19-25(26)11-2)29(38)36-27(31(40)42-33(4,5)6)22-24-17-13-12-14-18-24/h2,12-20,23,27-28H,10,21-22H2,1,3-9H3,(H,35,41)(H,36,38). The van der Waals surface area contributed by atoms with E-state index >= 15 is 0 Å². The predicted octanol–water partition coefficient (Wildman–Crippen LogP) is 4.93. The molecule has 2 aromatic rings. The molecule has 9 heteroatoms. The van der Waals surface area contributed by atoms with Crippen molar-refractivity contribution in [2.24, 2.45) is 0 Å². The van der Waals surface area contributed by atoms with Crippen LogP contribution in [0.5, 0.6) is 0 Å². The first-order valence-electron chi connectivity index (χ1n) is 14.5. The fraction of sp³-hybridized carbons (Fsp3) is 0.471. The number of benzene rings is 2. The summed E-state index contributed by atoms with van der Waals surface area (Å²) in [5.74, 6) is 0.865. The van der Waals surface area contributed by atoms with Crippen LogP contribution in [0.15, 0.2) is 54.6 Å². The Labute approximate surface area is 255 Å². The first-order valence-corrected chi connectivity index (χ1v) is 14.5. The van der Waals surface area contributed by atoms with Crippen molar-refractivity contribution in [3.63, 3.8) is 0 Å². The highest BCUT2D eigenvalue weighted by atomic mass is 16.6. The summed E-state index contributed by atoms with van der Waals surface area (Å²) in [7, 11) is 0. The number of ether oxygens (including phenoxy) is 2. The Morgan fingerprint density at radius 3 is 2.02 bits per heavy atom. The largest absolute Gasteiger partial charge is 0.458 e. The van der Waals surface area contributed by atoms with Gasteiger partial charge >= 0.3 is 12.1 Å². The van der Waals surface area contributed by atoms with Crippen molar-refractivity contribution in [2.45, 2.75) is 97.6 Å². The Morgan fingerprint density at radius 1 is 0.884 bits per heavy atom. The van der Waals surface area contributed by atoms with Gasteiger partial charge in [0.2, 0.25) is 11.8 Å². The number of hydrogen-bond acceptors (Lipinski definition) is 6. The maximum Gasteiger partial charge on any atom is 0.408 e. The number of hydrogen-bond donors (Lipinski definition) is 2. The van der Waals surface area contributed by atoms with Gasteiger partial charge in [0.15, 0.2) is 0 Å². The zero-order valence-electron chi connectivity index (χ0n) is 26.5. The van der Waals surface area contributed by atoms with E-state index < -0.39 is 53.2 Å². The van der Waals surface area contributed by atoms with Crippen LogP contribution in [0.25, 0.3) is 0 Å². The third-order valence-corrected chi connectivity index (χ3v) is 6.11. The molecule has 0 bridgehead atoms. The first kappa shape index (κ1) is 34.9. The second kappa shape index (κ2) is 15.2. The highest BCUT2D eigenvalue weighted by Crippen LogP contribution is 2.26. The van der Waals surface area contributed by atoms with Gasteiger partial charge in [-0.2, -0.15) is 0 Å². The van der Waals surface area contributed by atoms with Crippen LogP contribution in [0, 0.1) is 12.3 Å². The minimum Gasteiger partial charge on any atom is -0.458 e. The molecule has 3 amide bonds. The average molecular weight is 592 g/mol. The van der Waals surface area contributed by atoms with E-state index in [2.05, 4.69) is 16.6 Å². The molecule has 43 heavy (non-hydrogen) atoms. The number of amides is 3. The van der Waals surface area contributed by atoms with Gasteiger partial charge in [0.1, 0.15) is 29.3 Å². The fourth-order valence-electron chi connectivity index (χ4n) is 4.39. The lowest BCUT2D eigenvalue weighted by Crippen LogP contribution is -2.54.